The molecule has 0 amide bonds. The monoisotopic (exact) mass is 419 g/mol. The fourth-order valence-electron chi connectivity index (χ4n) is 4.42. The van der Waals surface area contributed by atoms with E-state index in [1.165, 1.54) is 43.7 Å². The molecule has 5 nitrogen and oxygen atoms in total. The number of piperidine rings is 1. The number of nitrogens with one attached hydrogen (secondary N) is 2. The lowest BCUT2D eigenvalue weighted by atomic mass is 9.97. The fraction of sp³-hybridized carbons (Fsp3) is 0.292. The molecule has 1 aliphatic heterocycles. The topological polar surface area (TPSA) is 68.4 Å². The summed E-state index contributed by atoms with van der Waals surface area (Å²) in [5.41, 5.74) is 3.41. The summed E-state index contributed by atoms with van der Waals surface area (Å²) in [6.07, 6.45) is 3.98. The van der Waals surface area contributed by atoms with Crippen molar-refractivity contribution < 1.29 is 5.11 Å². The Hall–Kier alpha value is -2.83. The maximum Gasteiger partial charge on any atom is 0.266 e. The van der Waals surface area contributed by atoms with Crippen LogP contribution in [0.5, 0.6) is 5.75 Å². The van der Waals surface area contributed by atoms with Gasteiger partial charge < -0.3 is 20.3 Å². The smallest absolute Gasteiger partial charge is 0.266 e. The Morgan fingerprint density at radius 2 is 1.83 bits per heavy atom. The summed E-state index contributed by atoms with van der Waals surface area (Å²) in [7, 11) is 0. The Bertz CT molecular complexity index is 1240. The number of phenols is 1. The second-order valence-electron chi connectivity index (χ2n) is 7.91. The minimum atomic E-state index is -0.0857. The molecule has 4 aromatic rings. The van der Waals surface area contributed by atoms with Crippen LogP contribution in [0.2, 0.25) is 0 Å². The van der Waals surface area contributed by atoms with Crippen molar-refractivity contribution in [2.24, 2.45) is 0 Å². The number of benzene rings is 2. The van der Waals surface area contributed by atoms with Gasteiger partial charge in [0.05, 0.1) is 0 Å². The van der Waals surface area contributed by atoms with E-state index < -0.39 is 0 Å². The molecule has 0 saturated carbocycles. The highest BCUT2D eigenvalue weighted by molar-refractivity contribution is 7.17. The number of thiophene rings is 1. The molecule has 0 radical (unpaired) electrons. The Balaban J connectivity index is 1.43. The maximum atomic E-state index is 12.3. The first-order chi connectivity index (χ1) is 14.7. The van der Waals surface area contributed by atoms with Gasteiger partial charge in [0.1, 0.15) is 10.4 Å². The van der Waals surface area contributed by atoms with Crippen molar-refractivity contribution in [3.63, 3.8) is 0 Å². The molecule has 0 atom stereocenters. The average molecular weight is 420 g/mol. The summed E-state index contributed by atoms with van der Waals surface area (Å²) < 4.78 is 0.686. The first-order valence-corrected chi connectivity index (χ1v) is 11.4. The van der Waals surface area contributed by atoms with Crippen LogP contribution in [0.15, 0.2) is 52.6 Å². The number of likely N-dealkylation sites (tertiary alicyclic amines) is 1. The van der Waals surface area contributed by atoms with E-state index in [1.807, 2.05) is 23.6 Å². The second-order valence-corrected chi connectivity index (χ2v) is 8.82. The number of hydrogen-bond acceptors (Lipinski definition) is 5. The Morgan fingerprint density at radius 1 is 1.03 bits per heavy atom. The molecule has 5 rings (SSSR count). The van der Waals surface area contributed by atoms with Crippen LogP contribution in [-0.4, -0.2) is 41.2 Å². The van der Waals surface area contributed by atoms with Gasteiger partial charge in [0, 0.05) is 40.6 Å². The first kappa shape index (κ1) is 19.2. The number of rotatable bonds is 5. The number of aromatic amines is 1. The number of anilines is 1. The molecule has 1 fully saturated rings. The predicted octanol–water partition coefficient (Wildman–Crippen LogP) is 5.01. The van der Waals surface area contributed by atoms with Crippen LogP contribution in [-0.2, 0) is 0 Å². The number of nitrogens with zero attached hydrogens (tertiary/aromatic N) is 1. The summed E-state index contributed by atoms with van der Waals surface area (Å²) in [4.78, 5) is 17.8. The van der Waals surface area contributed by atoms with Crippen molar-refractivity contribution in [2.45, 2.75) is 19.3 Å². The zero-order valence-electron chi connectivity index (χ0n) is 16.8. The number of phenolic OH excluding ortho intramolecular Hbond substituents is 1. The molecule has 1 saturated heterocycles. The summed E-state index contributed by atoms with van der Waals surface area (Å²) in [6.45, 7) is 4.41. The standard InChI is InChI=1S/C24H25N3O2S/c28-20-9-8-19-22(18-10-15-30-23(18)24(29)26-19)21(20)16-4-6-17(7-5-16)25-11-14-27-12-2-1-3-13-27/h4-10,15,25,28H,1-3,11-14H2,(H,26,29). The lowest BCUT2D eigenvalue weighted by Gasteiger charge is -2.26. The summed E-state index contributed by atoms with van der Waals surface area (Å²) in [5, 5.41) is 17.9. The third-order valence-corrected chi connectivity index (χ3v) is 6.86. The molecular weight excluding hydrogens is 394 g/mol. The molecule has 154 valence electrons. The molecule has 3 N–H and O–H groups in total. The van der Waals surface area contributed by atoms with Crippen molar-refractivity contribution >= 4 is 38.0 Å². The quantitative estimate of drug-likeness (QED) is 0.425. The van der Waals surface area contributed by atoms with Crippen LogP contribution in [0, 0.1) is 0 Å². The molecule has 2 aromatic carbocycles. The lowest BCUT2D eigenvalue weighted by molar-refractivity contribution is 0.237. The van der Waals surface area contributed by atoms with Crippen molar-refractivity contribution in [3.8, 4) is 16.9 Å². The number of aromatic nitrogens is 1. The van der Waals surface area contributed by atoms with Crippen LogP contribution in [0.1, 0.15) is 19.3 Å². The van der Waals surface area contributed by atoms with Crippen LogP contribution in [0.25, 0.3) is 32.1 Å². The van der Waals surface area contributed by atoms with E-state index in [1.54, 1.807) is 12.1 Å². The average Bonchev–Trinajstić information content (AvgIpc) is 3.27. The number of hydrogen-bond donors (Lipinski definition) is 3. The molecule has 0 bridgehead atoms. The third kappa shape index (κ3) is 3.57. The number of fused-ring (bicyclic) bond motifs is 3. The molecule has 0 spiro atoms. The molecule has 1 aliphatic rings. The second kappa shape index (κ2) is 8.13. The number of aromatic hydroxyl groups is 1. The van der Waals surface area contributed by atoms with Gasteiger partial charge in [0.25, 0.3) is 5.56 Å². The van der Waals surface area contributed by atoms with Crippen molar-refractivity contribution in [1.82, 2.24) is 9.88 Å². The molecular formula is C24H25N3O2S. The molecule has 0 unspecified atom stereocenters. The van der Waals surface area contributed by atoms with Crippen molar-refractivity contribution in [2.75, 3.05) is 31.5 Å². The Labute approximate surface area is 179 Å². The van der Waals surface area contributed by atoms with E-state index >= 15 is 0 Å². The van der Waals surface area contributed by atoms with Gasteiger partial charge in [-0.25, -0.2) is 0 Å². The largest absolute Gasteiger partial charge is 0.507 e. The molecule has 30 heavy (non-hydrogen) atoms. The van der Waals surface area contributed by atoms with Gasteiger partial charge in [0.2, 0.25) is 0 Å². The van der Waals surface area contributed by atoms with Crippen molar-refractivity contribution in [1.29, 1.82) is 0 Å². The van der Waals surface area contributed by atoms with E-state index in [4.69, 9.17) is 0 Å². The van der Waals surface area contributed by atoms with E-state index in [9.17, 15) is 9.90 Å². The van der Waals surface area contributed by atoms with Gasteiger partial charge in [-0.3, -0.25) is 4.79 Å². The Morgan fingerprint density at radius 3 is 2.63 bits per heavy atom. The minimum Gasteiger partial charge on any atom is -0.507 e. The summed E-state index contributed by atoms with van der Waals surface area (Å²) >= 11 is 1.42. The van der Waals surface area contributed by atoms with E-state index in [0.29, 0.717) is 4.70 Å². The SMILES string of the molecule is O=c1[nH]c2ccc(O)c(-c3ccc(NCCN4CCCCC4)cc3)c2c2ccsc12. The fourth-order valence-corrected chi connectivity index (χ4v) is 5.22. The van der Waals surface area contributed by atoms with Crippen LogP contribution in [0.4, 0.5) is 5.69 Å². The van der Waals surface area contributed by atoms with Crippen molar-refractivity contribution in [3.05, 3.63) is 58.2 Å². The van der Waals surface area contributed by atoms with Gasteiger partial charge in [0.15, 0.2) is 0 Å². The number of H-pyrrole nitrogens is 1. The molecule has 0 aliphatic carbocycles. The summed E-state index contributed by atoms with van der Waals surface area (Å²) in [5.74, 6) is 0.216. The van der Waals surface area contributed by atoms with Crippen LogP contribution in [0.3, 0.4) is 0 Å². The zero-order chi connectivity index (χ0) is 20.5. The van der Waals surface area contributed by atoms with E-state index in [2.05, 4.69) is 27.3 Å². The number of pyridine rings is 1. The van der Waals surface area contributed by atoms with Crippen LogP contribution >= 0.6 is 11.3 Å². The normalized spacial score (nSPS) is 15.1. The highest BCUT2D eigenvalue weighted by atomic mass is 32.1. The molecule has 6 heteroatoms. The van der Waals surface area contributed by atoms with E-state index in [-0.39, 0.29) is 11.3 Å². The lowest BCUT2D eigenvalue weighted by Crippen LogP contribution is -2.33. The zero-order valence-corrected chi connectivity index (χ0v) is 17.6. The van der Waals surface area contributed by atoms with Crippen LogP contribution < -0.4 is 10.9 Å². The minimum absolute atomic E-state index is 0.0857. The first-order valence-electron chi connectivity index (χ1n) is 10.5. The van der Waals surface area contributed by atoms with Gasteiger partial charge in [-0.15, -0.1) is 11.3 Å². The van der Waals surface area contributed by atoms with Gasteiger partial charge in [-0.1, -0.05) is 18.6 Å². The molecule has 3 heterocycles. The van der Waals surface area contributed by atoms with Gasteiger partial charge in [-0.2, -0.15) is 0 Å². The highest BCUT2D eigenvalue weighted by Gasteiger charge is 2.15. The Kier molecular flexibility index (Phi) is 5.19. The highest BCUT2D eigenvalue weighted by Crippen LogP contribution is 2.39. The van der Waals surface area contributed by atoms with Gasteiger partial charge in [-0.05, 0) is 67.2 Å². The molecule has 2 aromatic heterocycles. The van der Waals surface area contributed by atoms with E-state index in [0.717, 1.165) is 46.2 Å². The predicted molar refractivity (Wildman–Crippen MR) is 126 cm³/mol. The third-order valence-electron chi connectivity index (χ3n) is 5.95. The maximum absolute atomic E-state index is 12.3. The van der Waals surface area contributed by atoms with Gasteiger partial charge >= 0.3 is 0 Å². The summed E-state index contributed by atoms with van der Waals surface area (Å²) in [6, 6.07) is 13.5.